The Kier molecular flexibility index (Phi) is 13.7. The highest BCUT2D eigenvalue weighted by atomic mass is 31.0. The van der Waals surface area contributed by atoms with Gasteiger partial charge in [-0.25, -0.2) is 5.50 Å². The summed E-state index contributed by atoms with van der Waals surface area (Å²) in [6.07, 6.45) is 0. The average molecular weight is 109 g/mol. The van der Waals surface area contributed by atoms with Crippen LogP contribution in [0.1, 0.15) is 6.92 Å². The third kappa shape index (κ3) is 1610. The van der Waals surface area contributed by atoms with E-state index in [2.05, 4.69) is 5.50 Å². The van der Waals surface area contributed by atoms with Crippen molar-refractivity contribution in [2.45, 2.75) is 6.92 Å². The molecule has 0 saturated carbocycles. The van der Waals surface area contributed by atoms with Gasteiger partial charge in [-0.2, -0.15) is 0 Å². The van der Waals surface area contributed by atoms with E-state index in [4.69, 9.17) is 9.90 Å². The monoisotopic (exact) mass is 109 g/mol. The molecular formula is C2H8NO2P. The van der Waals surface area contributed by atoms with Gasteiger partial charge in [0.1, 0.15) is 0 Å². The van der Waals surface area contributed by atoms with Gasteiger partial charge in [0.25, 0.3) is 0 Å². The molecule has 0 bridgehead atoms. The first-order chi connectivity index (χ1) is 2.73. The van der Waals surface area contributed by atoms with Crippen LogP contribution in [-0.4, -0.2) is 5.97 Å². The van der Waals surface area contributed by atoms with Crippen molar-refractivity contribution >= 4 is 15.4 Å². The Morgan fingerprint density at radius 2 is 1.83 bits per heavy atom. The molecule has 6 heavy (non-hydrogen) atoms. The highest BCUT2D eigenvalue weighted by Gasteiger charge is 1.46. The Balaban J connectivity index is 0. The second-order valence-electron chi connectivity index (χ2n) is 0.492. The minimum atomic E-state index is -1.08. The van der Waals surface area contributed by atoms with Crippen LogP contribution in [0.15, 0.2) is 0 Å². The number of carboxylic acids is 1. The van der Waals surface area contributed by atoms with Crippen molar-refractivity contribution in [1.29, 1.82) is 0 Å². The lowest BCUT2D eigenvalue weighted by Gasteiger charge is -1.77. The summed E-state index contributed by atoms with van der Waals surface area (Å²) >= 11 is 0. The molecule has 0 radical (unpaired) electrons. The Labute approximate surface area is 38.8 Å². The summed E-state index contributed by atoms with van der Waals surface area (Å²) in [5, 5.41) is 8.89. The molecule has 0 aromatic rings. The van der Waals surface area contributed by atoms with E-state index >= 15 is 0 Å². The molecule has 0 aromatic heterocycles. The van der Waals surface area contributed by atoms with Crippen LogP contribution in [0.3, 0.4) is 0 Å². The third-order valence-corrected chi connectivity index (χ3v) is 0. The van der Waals surface area contributed by atoms with Gasteiger partial charge in [-0.1, -0.05) is 0 Å². The zero-order valence-electron chi connectivity index (χ0n) is 3.60. The molecule has 4 heteroatoms. The highest BCUT2D eigenvalue weighted by molar-refractivity contribution is 7.13. The predicted octanol–water partition coefficient (Wildman–Crippen LogP) is -1.78. The fourth-order valence-electron chi connectivity index (χ4n) is 0. The Hall–Kier alpha value is -0.140. The second-order valence-corrected chi connectivity index (χ2v) is 0.492. The summed E-state index contributed by atoms with van der Waals surface area (Å²) in [6.45, 7) is 0.972. The van der Waals surface area contributed by atoms with E-state index in [1.165, 1.54) is 9.39 Å². The molecule has 0 fully saturated rings. The van der Waals surface area contributed by atoms with Crippen LogP contribution < -0.4 is 10.6 Å². The largest absolute Gasteiger partial charge is 0.550 e. The molecule has 1 unspecified atom stereocenters. The number of carbonyl (C=O) groups is 1. The summed E-state index contributed by atoms with van der Waals surface area (Å²) in [5.74, 6) is -1.08. The van der Waals surface area contributed by atoms with Crippen LogP contribution in [0.4, 0.5) is 0 Å². The van der Waals surface area contributed by atoms with Gasteiger partial charge in [-0.15, -0.1) is 0 Å². The first kappa shape index (κ1) is 9.29. The van der Waals surface area contributed by atoms with Crippen molar-refractivity contribution in [3.63, 3.8) is 0 Å². The van der Waals surface area contributed by atoms with Crippen molar-refractivity contribution in [1.82, 2.24) is 0 Å². The fraction of sp³-hybridized carbons (Fsp3) is 0.500. The maximum absolute atomic E-state index is 8.89. The molecule has 0 spiro atoms. The zero-order chi connectivity index (χ0) is 5.58. The van der Waals surface area contributed by atoms with E-state index in [0.717, 1.165) is 6.92 Å². The lowest BCUT2D eigenvalue weighted by atomic mass is 10.9. The molecule has 0 amide bonds. The van der Waals surface area contributed by atoms with Gasteiger partial charge in [0.05, 0.1) is 0 Å². The highest BCUT2D eigenvalue weighted by Crippen LogP contribution is 1.31. The van der Waals surface area contributed by atoms with Crippen LogP contribution in [0.25, 0.3) is 0 Å². The van der Waals surface area contributed by atoms with Gasteiger partial charge >= 0.3 is 0 Å². The maximum atomic E-state index is 8.89. The Bertz CT molecular complexity index is 34.5. The standard InChI is InChI=1S/C2H4O2.H4NP/c1-2(3)4;1-2/h1H3,(H,3,4);1-2H2. The van der Waals surface area contributed by atoms with E-state index in [1.54, 1.807) is 0 Å². The van der Waals surface area contributed by atoms with Gasteiger partial charge < -0.3 is 9.90 Å². The molecule has 0 aliphatic carbocycles. The van der Waals surface area contributed by atoms with Crippen molar-refractivity contribution in [3.8, 4) is 0 Å². The maximum Gasteiger partial charge on any atom is 0.0383 e. The second kappa shape index (κ2) is 8.85. The molecule has 1 atom stereocenters. The summed E-state index contributed by atoms with van der Waals surface area (Å²) in [5.41, 5.74) is 4.53. The van der Waals surface area contributed by atoms with Gasteiger partial charge in [0, 0.05) is 15.4 Å². The lowest BCUT2D eigenvalue weighted by molar-refractivity contribution is -0.302. The number of carboxylic acid groups (broad SMARTS) is 1. The molecule has 0 aromatic carbocycles. The van der Waals surface area contributed by atoms with Crippen molar-refractivity contribution < 1.29 is 9.90 Å². The summed E-state index contributed by atoms with van der Waals surface area (Å²) in [6, 6.07) is 0. The molecule has 0 heterocycles. The molecule has 38 valence electrons. The van der Waals surface area contributed by atoms with Gasteiger partial charge in [0.2, 0.25) is 0 Å². The zero-order valence-corrected chi connectivity index (χ0v) is 5.02. The number of nitrogens with two attached hydrogens (primary N) is 1. The van der Waals surface area contributed by atoms with Crippen LogP contribution in [-0.2, 0) is 4.79 Å². The van der Waals surface area contributed by atoms with Crippen LogP contribution in [0, 0.1) is 0 Å². The summed E-state index contributed by atoms with van der Waals surface area (Å²) < 4.78 is 0. The minimum absolute atomic E-state index is 0.972. The lowest BCUT2D eigenvalue weighted by Crippen LogP contribution is -2.16. The molecule has 0 aliphatic rings. The third-order valence-electron chi connectivity index (χ3n) is 0. The molecule has 3 nitrogen and oxygen atoms in total. The number of hydrogen-bond donors (Lipinski definition) is 1. The molecule has 0 saturated heterocycles. The number of carbonyl (C=O) groups excluding carboxylic acids is 1. The SMILES string of the molecule is CC(=O)[O-].N[PH3+]. The Morgan fingerprint density at radius 1 is 1.83 bits per heavy atom. The first-order valence-electron chi connectivity index (χ1n) is 1.32. The van der Waals surface area contributed by atoms with E-state index in [-0.39, 0.29) is 0 Å². The fourth-order valence-corrected chi connectivity index (χ4v) is 0. The number of rotatable bonds is 0. The van der Waals surface area contributed by atoms with Crippen molar-refractivity contribution in [2.24, 2.45) is 5.50 Å². The smallest absolute Gasteiger partial charge is 0.0383 e. The van der Waals surface area contributed by atoms with Crippen LogP contribution >= 0.6 is 9.39 Å². The quantitative estimate of drug-likeness (QED) is 0.374. The average Bonchev–Trinajstić information content (AvgIpc) is 1.41. The summed E-state index contributed by atoms with van der Waals surface area (Å²) in [4.78, 5) is 8.89. The topological polar surface area (TPSA) is 66.1 Å². The molecular weight excluding hydrogens is 101 g/mol. The van der Waals surface area contributed by atoms with E-state index in [0.29, 0.717) is 0 Å². The number of aliphatic carboxylic acids is 1. The van der Waals surface area contributed by atoms with E-state index in [9.17, 15) is 0 Å². The van der Waals surface area contributed by atoms with Crippen LogP contribution in [0.2, 0.25) is 0 Å². The first-order valence-corrected chi connectivity index (χ1v) is 2.13. The predicted molar refractivity (Wildman–Crippen MR) is 26.0 cm³/mol. The van der Waals surface area contributed by atoms with E-state index in [1.807, 2.05) is 0 Å². The van der Waals surface area contributed by atoms with Gasteiger partial charge in [-0.3, -0.25) is 0 Å². The van der Waals surface area contributed by atoms with E-state index < -0.39 is 5.97 Å². The van der Waals surface area contributed by atoms with Gasteiger partial charge in [0.15, 0.2) is 0 Å². The van der Waals surface area contributed by atoms with Crippen molar-refractivity contribution in [2.75, 3.05) is 0 Å². The van der Waals surface area contributed by atoms with Crippen LogP contribution in [0.5, 0.6) is 0 Å². The molecule has 2 N–H and O–H groups in total. The number of hydrogen-bond acceptors (Lipinski definition) is 3. The van der Waals surface area contributed by atoms with Gasteiger partial charge in [-0.05, 0) is 6.92 Å². The molecule has 0 aliphatic heterocycles. The van der Waals surface area contributed by atoms with Crippen molar-refractivity contribution in [3.05, 3.63) is 0 Å². The normalized spacial score (nSPS) is 5.67. The summed E-state index contributed by atoms with van der Waals surface area (Å²) in [7, 11) is 1.36. The molecule has 0 rings (SSSR count). The minimum Gasteiger partial charge on any atom is -0.550 e. The Morgan fingerprint density at radius 3 is 1.83 bits per heavy atom.